The molecule has 3 N–H and O–H groups in total. The molecule has 3 nitrogen and oxygen atoms in total. The van der Waals surface area contributed by atoms with Crippen LogP contribution < -0.4 is 11.1 Å². The van der Waals surface area contributed by atoms with Crippen molar-refractivity contribution in [3.8, 4) is 0 Å². The van der Waals surface area contributed by atoms with Crippen molar-refractivity contribution in [1.82, 2.24) is 0 Å². The van der Waals surface area contributed by atoms with Gasteiger partial charge in [0.05, 0.1) is 5.56 Å². The highest BCUT2D eigenvalue weighted by Crippen LogP contribution is 2.19. The molecule has 0 aromatic heterocycles. The number of carbonyl (C=O) groups excluding carboxylic acids is 1. The van der Waals surface area contributed by atoms with Crippen molar-refractivity contribution in [3.05, 3.63) is 59.2 Å². The maximum atomic E-state index is 13.0. The lowest BCUT2D eigenvalue weighted by Crippen LogP contribution is -2.14. The average Bonchev–Trinajstić information content (AvgIpc) is 2.31. The normalized spacial score (nSPS) is 10.3. The second kappa shape index (κ2) is 5.06. The third-order valence-electron chi connectivity index (χ3n) is 2.69. The number of nitrogens with two attached hydrogens (primary N) is 1. The van der Waals surface area contributed by atoms with Gasteiger partial charge < -0.3 is 11.1 Å². The number of halogens is 2. The summed E-state index contributed by atoms with van der Waals surface area (Å²) in [7, 11) is 0. The van der Waals surface area contributed by atoms with E-state index in [1.807, 2.05) is 0 Å². The molecule has 2 aromatic carbocycles. The summed E-state index contributed by atoms with van der Waals surface area (Å²) >= 11 is 0. The molecular formula is C14H12F2N2O. The van der Waals surface area contributed by atoms with Crippen LogP contribution in [0.4, 0.5) is 20.2 Å². The predicted molar refractivity (Wildman–Crippen MR) is 69.9 cm³/mol. The summed E-state index contributed by atoms with van der Waals surface area (Å²) in [6.07, 6.45) is 0. The smallest absolute Gasteiger partial charge is 0.257 e. The second-order valence-corrected chi connectivity index (χ2v) is 4.15. The number of rotatable bonds is 2. The van der Waals surface area contributed by atoms with Gasteiger partial charge in [-0.1, -0.05) is 12.1 Å². The monoisotopic (exact) mass is 262 g/mol. The summed E-state index contributed by atoms with van der Waals surface area (Å²) in [4.78, 5) is 12.0. The van der Waals surface area contributed by atoms with Gasteiger partial charge in [-0.25, -0.2) is 8.78 Å². The third-order valence-corrected chi connectivity index (χ3v) is 2.69. The van der Waals surface area contributed by atoms with Crippen LogP contribution in [0.2, 0.25) is 0 Å². The van der Waals surface area contributed by atoms with E-state index in [1.165, 1.54) is 0 Å². The highest BCUT2D eigenvalue weighted by atomic mass is 19.1. The summed E-state index contributed by atoms with van der Waals surface area (Å²) in [5.74, 6) is -2.02. The number of amides is 1. The Balaban J connectivity index is 2.28. The second-order valence-electron chi connectivity index (χ2n) is 4.15. The van der Waals surface area contributed by atoms with E-state index in [9.17, 15) is 13.6 Å². The zero-order valence-corrected chi connectivity index (χ0v) is 10.2. The molecule has 98 valence electrons. The number of para-hydroxylation sites is 1. The molecule has 0 aliphatic carbocycles. The van der Waals surface area contributed by atoms with Crippen molar-refractivity contribution in [2.75, 3.05) is 11.1 Å². The van der Waals surface area contributed by atoms with Crippen molar-refractivity contribution < 1.29 is 13.6 Å². The number of nitrogen functional groups attached to an aromatic ring is 1. The number of anilines is 2. The topological polar surface area (TPSA) is 55.1 Å². The van der Waals surface area contributed by atoms with Crippen molar-refractivity contribution in [1.29, 1.82) is 0 Å². The first-order chi connectivity index (χ1) is 8.97. The van der Waals surface area contributed by atoms with E-state index in [2.05, 4.69) is 5.32 Å². The van der Waals surface area contributed by atoms with Crippen molar-refractivity contribution in [3.63, 3.8) is 0 Å². The van der Waals surface area contributed by atoms with Crippen LogP contribution in [-0.2, 0) is 0 Å². The zero-order chi connectivity index (χ0) is 14.0. The molecule has 0 saturated carbocycles. The van der Waals surface area contributed by atoms with Crippen molar-refractivity contribution >= 4 is 17.3 Å². The molecule has 0 fully saturated rings. The first-order valence-electron chi connectivity index (χ1n) is 5.60. The molecule has 0 bridgehead atoms. The number of carbonyl (C=O) groups is 1. The van der Waals surface area contributed by atoms with Crippen LogP contribution in [0.1, 0.15) is 15.9 Å². The number of aryl methyl sites for hydroxylation is 1. The average molecular weight is 262 g/mol. The molecule has 5 heteroatoms. The van der Waals surface area contributed by atoms with E-state index in [-0.39, 0.29) is 11.3 Å². The summed E-state index contributed by atoms with van der Waals surface area (Å²) in [5, 5.41) is 2.41. The van der Waals surface area contributed by atoms with Crippen LogP contribution in [0.5, 0.6) is 0 Å². The highest BCUT2D eigenvalue weighted by molar-refractivity contribution is 6.08. The van der Waals surface area contributed by atoms with E-state index in [1.54, 1.807) is 25.1 Å². The molecule has 0 aliphatic heterocycles. The van der Waals surface area contributed by atoms with E-state index < -0.39 is 17.5 Å². The minimum Gasteiger partial charge on any atom is -0.398 e. The Morgan fingerprint density at radius 3 is 2.42 bits per heavy atom. The maximum Gasteiger partial charge on any atom is 0.257 e. The quantitative estimate of drug-likeness (QED) is 0.817. The lowest BCUT2D eigenvalue weighted by molar-refractivity contribution is 0.102. The van der Waals surface area contributed by atoms with E-state index in [4.69, 9.17) is 5.73 Å². The zero-order valence-electron chi connectivity index (χ0n) is 10.2. The van der Waals surface area contributed by atoms with E-state index in [0.29, 0.717) is 5.69 Å². The van der Waals surface area contributed by atoms with Crippen LogP contribution in [-0.4, -0.2) is 5.91 Å². The van der Waals surface area contributed by atoms with Gasteiger partial charge in [-0.2, -0.15) is 0 Å². The largest absolute Gasteiger partial charge is 0.398 e. The van der Waals surface area contributed by atoms with Gasteiger partial charge in [-0.15, -0.1) is 0 Å². The summed E-state index contributed by atoms with van der Waals surface area (Å²) in [5.41, 5.74) is 7.21. The van der Waals surface area contributed by atoms with Gasteiger partial charge in [0.1, 0.15) is 11.6 Å². The summed E-state index contributed by atoms with van der Waals surface area (Å²) < 4.78 is 26.0. The third kappa shape index (κ3) is 2.88. The van der Waals surface area contributed by atoms with Gasteiger partial charge in [0, 0.05) is 17.4 Å². The van der Waals surface area contributed by atoms with Crippen LogP contribution in [0.25, 0.3) is 0 Å². The number of hydrogen-bond acceptors (Lipinski definition) is 2. The Morgan fingerprint density at radius 2 is 1.79 bits per heavy atom. The molecule has 2 aromatic rings. The minimum atomic E-state index is -0.757. The highest BCUT2D eigenvalue weighted by Gasteiger charge is 2.12. The molecule has 0 unspecified atom stereocenters. The van der Waals surface area contributed by atoms with Crippen LogP contribution in [0, 0.1) is 18.6 Å². The molecular weight excluding hydrogens is 250 g/mol. The first-order valence-corrected chi connectivity index (χ1v) is 5.60. The number of nitrogens with one attached hydrogen (secondary N) is 1. The van der Waals surface area contributed by atoms with E-state index in [0.717, 1.165) is 23.8 Å². The number of benzene rings is 2. The Kier molecular flexibility index (Phi) is 3.46. The Morgan fingerprint density at radius 1 is 1.16 bits per heavy atom. The van der Waals surface area contributed by atoms with E-state index >= 15 is 0 Å². The molecule has 0 heterocycles. The Hall–Kier alpha value is -2.43. The SMILES string of the molecule is Cc1cccc(C(=O)Nc2cc(F)cc(F)c2)c1N. The van der Waals surface area contributed by atoms with Gasteiger partial charge in [0.2, 0.25) is 0 Å². The molecule has 0 aliphatic rings. The molecule has 0 atom stereocenters. The van der Waals surface area contributed by atoms with Crippen molar-refractivity contribution in [2.45, 2.75) is 6.92 Å². The van der Waals surface area contributed by atoms with Gasteiger partial charge in [-0.3, -0.25) is 4.79 Å². The van der Waals surface area contributed by atoms with Gasteiger partial charge in [-0.05, 0) is 30.7 Å². The van der Waals surface area contributed by atoms with Gasteiger partial charge in [0.25, 0.3) is 5.91 Å². The fraction of sp³-hybridized carbons (Fsp3) is 0.0714. The number of hydrogen-bond donors (Lipinski definition) is 2. The van der Waals surface area contributed by atoms with Crippen molar-refractivity contribution in [2.24, 2.45) is 0 Å². The van der Waals surface area contributed by atoms with Crippen LogP contribution in [0.15, 0.2) is 36.4 Å². The molecule has 0 radical (unpaired) electrons. The van der Waals surface area contributed by atoms with Gasteiger partial charge >= 0.3 is 0 Å². The van der Waals surface area contributed by atoms with Gasteiger partial charge in [0.15, 0.2) is 0 Å². The predicted octanol–water partition coefficient (Wildman–Crippen LogP) is 3.11. The lowest BCUT2D eigenvalue weighted by Gasteiger charge is -2.09. The first kappa shape index (κ1) is 13.0. The summed E-state index contributed by atoms with van der Waals surface area (Å²) in [6, 6.07) is 7.81. The molecule has 0 spiro atoms. The lowest BCUT2D eigenvalue weighted by atomic mass is 10.1. The fourth-order valence-electron chi connectivity index (χ4n) is 1.70. The Labute approximate surface area is 109 Å². The molecule has 2 rings (SSSR count). The molecule has 19 heavy (non-hydrogen) atoms. The van der Waals surface area contributed by atoms with Crippen LogP contribution in [0.3, 0.4) is 0 Å². The molecule has 0 saturated heterocycles. The minimum absolute atomic E-state index is 0.0448. The standard InChI is InChI=1S/C14H12F2N2O/c1-8-3-2-4-12(13(8)17)14(19)18-11-6-9(15)5-10(16)7-11/h2-7H,17H2,1H3,(H,18,19). The fourth-order valence-corrected chi connectivity index (χ4v) is 1.70. The molecule has 1 amide bonds. The van der Waals surface area contributed by atoms with Crippen LogP contribution >= 0.6 is 0 Å². The summed E-state index contributed by atoms with van der Waals surface area (Å²) in [6.45, 7) is 1.77. The Bertz CT molecular complexity index is 621. The maximum absolute atomic E-state index is 13.0.